The van der Waals surface area contributed by atoms with Crippen LogP contribution in [0.4, 0.5) is 0 Å². The maximum absolute atomic E-state index is 4.10. The molecule has 1 aromatic heterocycles. The minimum atomic E-state index is 0.777. The SMILES string of the molecule is CCNC1CC2CCC(C1)N2CCCCn1ccnc1. The van der Waals surface area contributed by atoms with Crippen molar-refractivity contribution >= 4 is 0 Å². The summed E-state index contributed by atoms with van der Waals surface area (Å²) in [6, 6.07) is 2.48. The highest BCUT2D eigenvalue weighted by Gasteiger charge is 2.39. The minimum absolute atomic E-state index is 0.777. The van der Waals surface area contributed by atoms with E-state index in [2.05, 4.69) is 32.9 Å². The molecule has 3 heterocycles. The lowest BCUT2D eigenvalue weighted by Crippen LogP contribution is -2.49. The molecule has 2 fully saturated rings. The maximum atomic E-state index is 4.10. The van der Waals surface area contributed by atoms with Crippen LogP contribution in [-0.2, 0) is 6.54 Å². The van der Waals surface area contributed by atoms with Gasteiger partial charge in [0.05, 0.1) is 6.33 Å². The minimum Gasteiger partial charge on any atom is -0.337 e. The highest BCUT2D eigenvalue weighted by Crippen LogP contribution is 2.35. The fourth-order valence-electron chi connectivity index (χ4n) is 4.10. The summed E-state index contributed by atoms with van der Waals surface area (Å²) >= 11 is 0. The van der Waals surface area contributed by atoms with E-state index in [9.17, 15) is 0 Å². The predicted octanol–water partition coefficient (Wildman–Crippen LogP) is 2.27. The molecule has 20 heavy (non-hydrogen) atoms. The molecule has 3 rings (SSSR count). The molecule has 1 N–H and O–H groups in total. The molecule has 0 saturated carbocycles. The van der Waals surface area contributed by atoms with E-state index in [1.165, 1.54) is 45.1 Å². The number of aromatic nitrogens is 2. The smallest absolute Gasteiger partial charge is 0.0945 e. The number of fused-ring (bicyclic) bond motifs is 2. The third kappa shape index (κ3) is 3.23. The standard InChI is InChI=1S/C16H28N4/c1-2-18-14-11-15-5-6-16(12-14)20(15)9-4-3-8-19-10-7-17-13-19/h7,10,13-16,18H,2-6,8-9,11-12H2,1H3. The first-order chi connectivity index (χ1) is 9.86. The van der Waals surface area contributed by atoms with Crippen molar-refractivity contribution in [3.8, 4) is 0 Å². The van der Waals surface area contributed by atoms with Crippen LogP contribution in [0.25, 0.3) is 0 Å². The summed E-state index contributed by atoms with van der Waals surface area (Å²) in [7, 11) is 0. The summed E-state index contributed by atoms with van der Waals surface area (Å²) in [6.07, 6.45) is 14.0. The summed E-state index contributed by atoms with van der Waals surface area (Å²) < 4.78 is 2.19. The second kappa shape index (κ2) is 6.72. The van der Waals surface area contributed by atoms with Crippen molar-refractivity contribution < 1.29 is 0 Å². The quantitative estimate of drug-likeness (QED) is 0.776. The largest absolute Gasteiger partial charge is 0.337 e. The van der Waals surface area contributed by atoms with Crippen molar-refractivity contribution in [1.82, 2.24) is 19.8 Å². The fourth-order valence-corrected chi connectivity index (χ4v) is 4.10. The van der Waals surface area contributed by atoms with Gasteiger partial charge < -0.3 is 9.88 Å². The van der Waals surface area contributed by atoms with Crippen LogP contribution in [0.1, 0.15) is 45.4 Å². The Balaban J connectivity index is 1.40. The van der Waals surface area contributed by atoms with Crippen molar-refractivity contribution in [2.75, 3.05) is 13.1 Å². The number of rotatable bonds is 7. The van der Waals surface area contributed by atoms with Crippen LogP contribution in [0.2, 0.25) is 0 Å². The van der Waals surface area contributed by atoms with Gasteiger partial charge in [0.15, 0.2) is 0 Å². The molecule has 2 aliphatic heterocycles. The summed E-state index contributed by atoms with van der Waals surface area (Å²) in [4.78, 5) is 6.90. The Hall–Kier alpha value is -0.870. The van der Waals surface area contributed by atoms with Gasteiger partial charge in [-0.05, 0) is 51.6 Å². The van der Waals surface area contributed by atoms with Crippen LogP contribution in [0.3, 0.4) is 0 Å². The van der Waals surface area contributed by atoms with Crippen LogP contribution in [-0.4, -0.2) is 45.7 Å². The molecular formula is C16H28N4. The van der Waals surface area contributed by atoms with Gasteiger partial charge in [0.2, 0.25) is 0 Å². The zero-order valence-electron chi connectivity index (χ0n) is 12.7. The van der Waals surface area contributed by atoms with Gasteiger partial charge in [0.1, 0.15) is 0 Å². The monoisotopic (exact) mass is 276 g/mol. The molecule has 2 saturated heterocycles. The Morgan fingerprint density at radius 3 is 2.55 bits per heavy atom. The Morgan fingerprint density at radius 1 is 1.15 bits per heavy atom. The highest BCUT2D eigenvalue weighted by atomic mass is 15.2. The first-order valence-electron chi connectivity index (χ1n) is 8.31. The molecule has 2 atom stereocenters. The lowest BCUT2D eigenvalue weighted by atomic mass is 9.97. The van der Waals surface area contributed by atoms with Crippen LogP contribution < -0.4 is 5.32 Å². The Bertz CT molecular complexity index is 375. The van der Waals surface area contributed by atoms with Crippen molar-refractivity contribution in [2.45, 2.75) is 70.1 Å². The van der Waals surface area contributed by atoms with E-state index in [0.717, 1.165) is 31.2 Å². The first-order valence-corrected chi connectivity index (χ1v) is 8.31. The predicted molar refractivity (Wildman–Crippen MR) is 81.7 cm³/mol. The number of piperidine rings is 1. The second-order valence-corrected chi connectivity index (χ2v) is 6.36. The van der Waals surface area contributed by atoms with Gasteiger partial charge in [-0.25, -0.2) is 4.98 Å². The number of nitrogens with zero attached hydrogens (tertiary/aromatic N) is 3. The van der Waals surface area contributed by atoms with E-state index in [4.69, 9.17) is 0 Å². The second-order valence-electron chi connectivity index (χ2n) is 6.36. The number of imidazole rings is 1. The van der Waals surface area contributed by atoms with Crippen LogP contribution in [0.15, 0.2) is 18.7 Å². The Morgan fingerprint density at radius 2 is 1.90 bits per heavy atom. The number of hydrogen-bond acceptors (Lipinski definition) is 3. The van der Waals surface area contributed by atoms with Crippen molar-refractivity contribution in [3.63, 3.8) is 0 Å². The van der Waals surface area contributed by atoms with Gasteiger partial charge in [-0.2, -0.15) is 0 Å². The topological polar surface area (TPSA) is 33.1 Å². The lowest BCUT2D eigenvalue weighted by molar-refractivity contribution is 0.115. The van der Waals surface area contributed by atoms with E-state index in [0.29, 0.717) is 0 Å². The maximum Gasteiger partial charge on any atom is 0.0945 e. The third-order valence-corrected chi connectivity index (χ3v) is 5.02. The molecule has 0 amide bonds. The Labute approximate surface area is 122 Å². The molecule has 0 spiro atoms. The Kier molecular flexibility index (Phi) is 4.73. The molecule has 0 aromatic carbocycles. The summed E-state index contributed by atoms with van der Waals surface area (Å²) in [5.74, 6) is 0. The summed E-state index contributed by atoms with van der Waals surface area (Å²) in [5.41, 5.74) is 0. The highest BCUT2D eigenvalue weighted by molar-refractivity contribution is 4.97. The van der Waals surface area contributed by atoms with Gasteiger partial charge in [-0.1, -0.05) is 6.92 Å². The number of unbranched alkanes of at least 4 members (excludes halogenated alkanes) is 1. The summed E-state index contributed by atoms with van der Waals surface area (Å²) in [6.45, 7) is 5.76. The van der Waals surface area contributed by atoms with Gasteiger partial charge in [0, 0.05) is 37.1 Å². The lowest BCUT2D eigenvalue weighted by Gasteiger charge is -2.39. The van der Waals surface area contributed by atoms with Crippen LogP contribution in [0.5, 0.6) is 0 Å². The molecule has 1 aromatic rings. The van der Waals surface area contributed by atoms with Gasteiger partial charge in [-0.15, -0.1) is 0 Å². The average molecular weight is 276 g/mol. The third-order valence-electron chi connectivity index (χ3n) is 5.02. The summed E-state index contributed by atoms with van der Waals surface area (Å²) in [5, 5.41) is 3.65. The number of hydrogen-bond donors (Lipinski definition) is 1. The molecule has 0 aliphatic carbocycles. The van der Waals surface area contributed by atoms with Gasteiger partial charge in [0.25, 0.3) is 0 Å². The van der Waals surface area contributed by atoms with Gasteiger partial charge >= 0.3 is 0 Å². The van der Waals surface area contributed by atoms with E-state index < -0.39 is 0 Å². The molecule has 4 nitrogen and oxygen atoms in total. The fraction of sp³-hybridized carbons (Fsp3) is 0.812. The number of nitrogens with one attached hydrogen (secondary N) is 1. The van der Waals surface area contributed by atoms with E-state index >= 15 is 0 Å². The van der Waals surface area contributed by atoms with Crippen LogP contribution in [0, 0.1) is 0 Å². The zero-order chi connectivity index (χ0) is 13.8. The molecule has 2 unspecified atom stereocenters. The van der Waals surface area contributed by atoms with E-state index in [-0.39, 0.29) is 0 Å². The molecule has 4 heteroatoms. The average Bonchev–Trinajstić information content (AvgIpc) is 3.03. The molecule has 2 bridgehead atoms. The zero-order valence-corrected chi connectivity index (χ0v) is 12.7. The van der Waals surface area contributed by atoms with E-state index in [1.54, 1.807) is 0 Å². The van der Waals surface area contributed by atoms with Crippen LogP contribution >= 0.6 is 0 Å². The number of aryl methyl sites for hydroxylation is 1. The normalized spacial score (nSPS) is 29.9. The van der Waals surface area contributed by atoms with E-state index in [1.807, 2.05) is 12.5 Å². The van der Waals surface area contributed by atoms with Crippen molar-refractivity contribution in [2.24, 2.45) is 0 Å². The molecule has 2 aliphatic rings. The van der Waals surface area contributed by atoms with Crippen molar-refractivity contribution in [3.05, 3.63) is 18.7 Å². The molecule has 0 radical (unpaired) electrons. The van der Waals surface area contributed by atoms with Crippen molar-refractivity contribution in [1.29, 1.82) is 0 Å². The molecule has 112 valence electrons. The molecular weight excluding hydrogens is 248 g/mol. The van der Waals surface area contributed by atoms with Gasteiger partial charge in [-0.3, -0.25) is 4.90 Å². The first kappa shape index (κ1) is 14.1.